The van der Waals surface area contributed by atoms with E-state index in [0.717, 1.165) is 24.0 Å². The molecule has 2 nitrogen and oxygen atoms in total. The first-order valence-electron chi connectivity index (χ1n) is 8.44. The summed E-state index contributed by atoms with van der Waals surface area (Å²) in [6.45, 7) is 10.6. The monoisotopic (exact) mass is 302 g/mol. The molecule has 2 rings (SSSR count). The van der Waals surface area contributed by atoms with Gasteiger partial charge >= 0.3 is 0 Å². The highest BCUT2D eigenvalue weighted by Gasteiger charge is 2.55. The fraction of sp³-hybridized carbons (Fsp3) is 0.650. The van der Waals surface area contributed by atoms with Gasteiger partial charge in [0.05, 0.1) is 6.10 Å². The van der Waals surface area contributed by atoms with Gasteiger partial charge in [0.15, 0.2) is 5.78 Å². The van der Waals surface area contributed by atoms with Crippen LogP contribution in [0.5, 0.6) is 0 Å². The summed E-state index contributed by atoms with van der Waals surface area (Å²) in [4.78, 5) is 12.3. The summed E-state index contributed by atoms with van der Waals surface area (Å²) in [6.07, 6.45) is 8.95. The van der Waals surface area contributed by atoms with Crippen LogP contribution in [0, 0.1) is 17.3 Å². The van der Waals surface area contributed by atoms with E-state index in [2.05, 4.69) is 26.8 Å². The van der Waals surface area contributed by atoms with E-state index in [1.807, 2.05) is 26.0 Å². The fourth-order valence-corrected chi connectivity index (χ4v) is 3.73. The quantitative estimate of drug-likeness (QED) is 0.664. The first-order chi connectivity index (χ1) is 10.2. The van der Waals surface area contributed by atoms with Crippen LogP contribution >= 0.6 is 0 Å². The lowest BCUT2D eigenvalue weighted by Gasteiger charge is -2.10. The molecule has 1 fully saturated rings. The summed E-state index contributed by atoms with van der Waals surface area (Å²) in [7, 11) is 0. The average Bonchev–Trinajstić information content (AvgIpc) is 2.92. The number of hydrogen-bond donors (Lipinski definition) is 1. The maximum Gasteiger partial charge on any atom is 0.162 e. The van der Waals surface area contributed by atoms with Crippen LogP contribution in [-0.4, -0.2) is 17.0 Å². The van der Waals surface area contributed by atoms with Crippen molar-refractivity contribution < 1.29 is 9.90 Å². The zero-order valence-electron chi connectivity index (χ0n) is 14.6. The Morgan fingerprint density at radius 1 is 1.14 bits per heavy atom. The molecule has 0 heterocycles. The molecule has 2 aliphatic rings. The van der Waals surface area contributed by atoms with Gasteiger partial charge in [0, 0.05) is 6.42 Å². The third kappa shape index (κ3) is 3.98. The van der Waals surface area contributed by atoms with E-state index < -0.39 is 6.10 Å². The van der Waals surface area contributed by atoms with Crippen molar-refractivity contribution in [3.05, 3.63) is 34.9 Å². The molecule has 22 heavy (non-hydrogen) atoms. The van der Waals surface area contributed by atoms with Gasteiger partial charge < -0.3 is 5.11 Å². The number of hydrogen-bond acceptors (Lipinski definition) is 2. The molecule has 0 amide bonds. The number of allylic oxidation sites excluding steroid dienone is 4. The highest BCUT2D eigenvalue weighted by atomic mass is 16.3. The molecule has 0 aromatic rings. The number of Topliss-reactive ketones (excluding diaryl/α,β-unsaturated/α-hetero) is 1. The largest absolute Gasteiger partial charge is 0.389 e. The van der Waals surface area contributed by atoms with E-state index in [1.165, 1.54) is 5.57 Å². The standard InChI is InChI=1S/C20H30O2/c1-13-6-8-17-18(20(17,4)5)12-15(3)19(22)9-7-14(2)11-16(21)10-13/h7,10,12,16-18,21H,6,8-9,11H2,1-5H3/b13-10-,14-7-,15-12-/t16-,17-,18-/m1/s1. The van der Waals surface area contributed by atoms with Crippen molar-refractivity contribution in [2.24, 2.45) is 17.3 Å². The molecule has 0 aromatic heterocycles. The molecular weight excluding hydrogens is 272 g/mol. The summed E-state index contributed by atoms with van der Waals surface area (Å²) in [5.41, 5.74) is 3.55. The number of rotatable bonds is 0. The van der Waals surface area contributed by atoms with Crippen LogP contribution in [0.15, 0.2) is 34.9 Å². The molecular formula is C20H30O2. The lowest BCUT2D eigenvalue weighted by atomic mass is 10.00. The minimum absolute atomic E-state index is 0.207. The lowest BCUT2D eigenvalue weighted by molar-refractivity contribution is -0.114. The Bertz CT molecular complexity index is 534. The van der Waals surface area contributed by atoms with E-state index in [9.17, 15) is 9.90 Å². The van der Waals surface area contributed by atoms with Crippen LogP contribution in [0.4, 0.5) is 0 Å². The zero-order chi connectivity index (χ0) is 16.5. The van der Waals surface area contributed by atoms with E-state index >= 15 is 0 Å². The Morgan fingerprint density at radius 2 is 1.82 bits per heavy atom. The highest BCUT2D eigenvalue weighted by molar-refractivity contribution is 5.95. The molecule has 0 saturated heterocycles. The van der Waals surface area contributed by atoms with E-state index in [1.54, 1.807) is 0 Å². The van der Waals surface area contributed by atoms with Gasteiger partial charge in [-0.05, 0) is 62.9 Å². The fourth-order valence-electron chi connectivity index (χ4n) is 3.73. The van der Waals surface area contributed by atoms with Crippen molar-refractivity contribution >= 4 is 5.78 Å². The van der Waals surface area contributed by atoms with Gasteiger partial charge in [-0.1, -0.05) is 43.2 Å². The van der Waals surface area contributed by atoms with Crippen molar-refractivity contribution in [3.63, 3.8) is 0 Å². The molecule has 122 valence electrons. The summed E-state index contributed by atoms with van der Waals surface area (Å²) in [5.74, 6) is 1.37. The number of aliphatic hydroxyl groups excluding tert-OH is 1. The van der Waals surface area contributed by atoms with Crippen molar-refractivity contribution in [2.75, 3.05) is 0 Å². The number of carbonyl (C=O) groups excluding carboxylic acids is 1. The molecule has 2 aliphatic carbocycles. The Balaban J connectivity index is 2.23. The smallest absolute Gasteiger partial charge is 0.162 e. The van der Waals surface area contributed by atoms with Crippen LogP contribution in [0.3, 0.4) is 0 Å². The lowest BCUT2D eigenvalue weighted by Crippen LogP contribution is -2.05. The molecule has 0 aliphatic heterocycles. The first kappa shape index (κ1) is 17.2. The van der Waals surface area contributed by atoms with Gasteiger partial charge in [0.25, 0.3) is 0 Å². The summed E-state index contributed by atoms with van der Waals surface area (Å²) in [5, 5.41) is 10.1. The normalized spacial score (nSPS) is 40.2. The van der Waals surface area contributed by atoms with Crippen molar-refractivity contribution in [1.82, 2.24) is 0 Å². The summed E-state index contributed by atoms with van der Waals surface area (Å²) >= 11 is 0. The predicted octanol–water partition coefficient (Wildman–Crippen LogP) is 4.60. The van der Waals surface area contributed by atoms with Gasteiger partial charge in [0.1, 0.15) is 0 Å². The molecule has 3 atom stereocenters. The van der Waals surface area contributed by atoms with Crippen LogP contribution in [-0.2, 0) is 4.79 Å². The second kappa shape index (κ2) is 6.54. The molecule has 0 bridgehead atoms. The predicted molar refractivity (Wildman–Crippen MR) is 91.5 cm³/mol. The first-order valence-corrected chi connectivity index (χ1v) is 8.44. The Morgan fingerprint density at radius 3 is 2.50 bits per heavy atom. The van der Waals surface area contributed by atoms with Gasteiger partial charge in [-0.3, -0.25) is 4.79 Å². The topological polar surface area (TPSA) is 37.3 Å². The van der Waals surface area contributed by atoms with Crippen molar-refractivity contribution in [2.45, 2.75) is 66.4 Å². The molecule has 0 radical (unpaired) electrons. The maximum atomic E-state index is 12.3. The SMILES string of the molecule is C/C1=C/[C@@H](O)C/C(C)=C\CC(=O)/C(C)=C\[C@@H]2[C@@H](CC1)C2(C)C. The second-order valence-electron chi connectivity index (χ2n) is 7.80. The molecule has 0 spiro atoms. The summed E-state index contributed by atoms with van der Waals surface area (Å²) in [6, 6.07) is 0. The van der Waals surface area contributed by atoms with Gasteiger partial charge in [-0.25, -0.2) is 0 Å². The molecule has 1 N–H and O–H groups in total. The third-order valence-electron chi connectivity index (χ3n) is 5.50. The summed E-state index contributed by atoms with van der Waals surface area (Å²) < 4.78 is 0. The molecule has 2 heteroatoms. The van der Waals surface area contributed by atoms with E-state index in [0.29, 0.717) is 30.1 Å². The Hall–Kier alpha value is -1.15. The van der Waals surface area contributed by atoms with Crippen LogP contribution < -0.4 is 0 Å². The minimum atomic E-state index is -0.436. The number of ketones is 1. The van der Waals surface area contributed by atoms with Gasteiger partial charge in [-0.2, -0.15) is 0 Å². The highest BCUT2D eigenvalue weighted by Crippen LogP contribution is 2.61. The Labute approximate surface area is 135 Å². The number of fused-ring (bicyclic) bond motifs is 1. The second-order valence-corrected chi connectivity index (χ2v) is 7.80. The van der Waals surface area contributed by atoms with Crippen molar-refractivity contribution in [3.8, 4) is 0 Å². The van der Waals surface area contributed by atoms with E-state index in [-0.39, 0.29) is 5.78 Å². The van der Waals surface area contributed by atoms with Crippen LogP contribution in [0.25, 0.3) is 0 Å². The molecule has 0 unspecified atom stereocenters. The zero-order valence-corrected chi connectivity index (χ0v) is 14.6. The minimum Gasteiger partial charge on any atom is -0.389 e. The van der Waals surface area contributed by atoms with Gasteiger partial charge in [-0.15, -0.1) is 0 Å². The van der Waals surface area contributed by atoms with Crippen LogP contribution in [0.2, 0.25) is 0 Å². The van der Waals surface area contributed by atoms with Gasteiger partial charge in [0.2, 0.25) is 0 Å². The third-order valence-corrected chi connectivity index (χ3v) is 5.50. The molecule has 0 aromatic carbocycles. The number of aliphatic hydroxyl groups is 1. The maximum absolute atomic E-state index is 12.3. The number of carbonyl (C=O) groups is 1. The van der Waals surface area contributed by atoms with Crippen molar-refractivity contribution in [1.29, 1.82) is 0 Å². The van der Waals surface area contributed by atoms with Crippen LogP contribution in [0.1, 0.15) is 60.3 Å². The Kier molecular flexibility index (Phi) is 5.11. The molecule has 1 saturated carbocycles. The average molecular weight is 302 g/mol. The van der Waals surface area contributed by atoms with E-state index in [4.69, 9.17) is 0 Å².